The first kappa shape index (κ1) is 9.52. The first-order valence-electron chi connectivity index (χ1n) is 3.90. The predicted octanol–water partition coefficient (Wildman–Crippen LogP) is 2.76. The summed E-state index contributed by atoms with van der Waals surface area (Å²) in [5.41, 5.74) is 0.994. The Morgan fingerprint density at radius 1 is 1.58 bits per heavy atom. The summed E-state index contributed by atoms with van der Waals surface area (Å²) in [6.07, 6.45) is 1.98. The van der Waals surface area contributed by atoms with E-state index in [1.165, 1.54) is 0 Å². The van der Waals surface area contributed by atoms with E-state index in [0.29, 0.717) is 0 Å². The Labute approximate surface area is 81.1 Å². The van der Waals surface area contributed by atoms with E-state index in [1.54, 1.807) is 6.20 Å². The molecule has 0 aliphatic carbocycles. The molecule has 1 heterocycles. The first-order valence-corrected chi connectivity index (χ1v) is 5.02. The van der Waals surface area contributed by atoms with Gasteiger partial charge in [-0.2, -0.15) is 0 Å². The summed E-state index contributed by atoms with van der Waals surface area (Å²) >= 11 is 3.34. The Balaban J connectivity index is 2.72. The number of alkyl halides is 1. The number of ether oxygens (including phenoxy) is 1. The van der Waals surface area contributed by atoms with Gasteiger partial charge in [-0.1, -0.05) is 15.9 Å². The molecule has 0 N–H and O–H groups in total. The van der Waals surface area contributed by atoms with Gasteiger partial charge >= 0.3 is 0 Å². The van der Waals surface area contributed by atoms with Crippen LogP contribution in [0.3, 0.4) is 0 Å². The van der Waals surface area contributed by atoms with Crippen LogP contribution in [-0.2, 0) is 5.33 Å². The van der Waals surface area contributed by atoms with Crippen molar-refractivity contribution in [1.29, 1.82) is 0 Å². The van der Waals surface area contributed by atoms with Crippen molar-refractivity contribution in [2.24, 2.45) is 0 Å². The fourth-order valence-corrected chi connectivity index (χ4v) is 1.18. The summed E-state index contributed by atoms with van der Waals surface area (Å²) in [7, 11) is 0. The zero-order valence-electron chi connectivity index (χ0n) is 7.25. The minimum absolute atomic E-state index is 0.218. The van der Waals surface area contributed by atoms with Crippen molar-refractivity contribution in [2.75, 3.05) is 0 Å². The van der Waals surface area contributed by atoms with Crippen LogP contribution in [0.5, 0.6) is 5.75 Å². The van der Waals surface area contributed by atoms with Gasteiger partial charge < -0.3 is 4.74 Å². The molecule has 1 rings (SSSR count). The molecule has 66 valence electrons. The zero-order chi connectivity index (χ0) is 8.97. The molecule has 0 aliphatic rings. The van der Waals surface area contributed by atoms with Gasteiger partial charge in [-0.25, -0.2) is 0 Å². The van der Waals surface area contributed by atoms with Gasteiger partial charge in [-0.3, -0.25) is 4.98 Å². The molecule has 0 amide bonds. The van der Waals surface area contributed by atoms with E-state index in [9.17, 15) is 0 Å². The minimum Gasteiger partial charge on any atom is -0.491 e. The lowest BCUT2D eigenvalue weighted by Crippen LogP contribution is -2.05. The number of rotatable bonds is 3. The van der Waals surface area contributed by atoms with E-state index in [4.69, 9.17) is 4.74 Å². The Kier molecular flexibility index (Phi) is 3.53. The molecule has 1 aromatic rings. The van der Waals surface area contributed by atoms with E-state index in [0.717, 1.165) is 16.8 Å². The van der Waals surface area contributed by atoms with Gasteiger partial charge in [0.25, 0.3) is 0 Å². The van der Waals surface area contributed by atoms with Crippen LogP contribution in [0.2, 0.25) is 0 Å². The average Bonchev–Trinajstić information content (AvgIpc) is 2.03. The molecule has 0 fully saturated rings. The second kappa shape index (κ2) is 4.45. The number of hydrogen-bond donors (Lipinski definition) is 0. The van der Waals surface area contributed by atoms with E-state index in [1.807, 2.05) is 26.0 Å². The molecular weight excluding hydrogens is 218 g/mol. The summed E-state index contributed by atoms with van der Waals surface area (Å²) in [6, 6.07) is 3.81. The van der Waals surface area contributed by atoms with Gasteiger partial charge in [-0.15, -0.1) is 0 Å². The third-order valence-electron chi connectivity index (χ3n) is 1.30. The number of aromatic nitrogens is 1. The fourth-order valence-electron chi connectivity index (χ4n) is 0.875. The Bertz CT molecular complexity index is 250. The molecule has 0 bridgehead atoms. The highest BCUT2D eigenvalue weighted by Crippen LogP contribution is 2.14. The second-order valence-corrected chi connectivity index (χ2v) is 3.34. The molecule has 0 aromatic carbocycles. The lowest BCUT2D eigenvalue weighted by atomic mass is 10.3. The monoisotopic (exact) mass is 229 g/mol. The maximum absolute atomic E-state index is 5.50. The van der Waals surface area contributed by atoms with Gasteiger partial charge in [0, 0.05) is 17.6 Å². The van der Waals surface area contributed by atoms with Crippen LogP contribution in [0.1, 0.15) is 19.5 Å². The Morgan fingerprint density at radius 2 is 2.33 bits per heavy atom. The normalized spacial score (nSPS) is 10.3. The van der Waals surface area contributed by atoms with Crippen molar-refractivity contribution in [2.45, 2.75) is 25.3 Å². The Hall–Kier alpha value is -0.570. The van der Waals surface area contributed by atoms with Gasteiger partial charge in [0.2, 0.25) is 0 Å². The van der Waals surface area contributed by atoms with Crippen molar-refractivity contribution < 1.29 is 4.74 Å². The summed E-state index contributed by atoms with van der Waals surface area (Å²) in [5.74, 6) is 0.884. The van der Waals surface area contributed by atoms with Gasteiger partial charge in [-0.05, 0) is 19.9 Å². The zero-order valence-corrected chi connectivity index (χ0v) is 8.84. The quantitative estimate of drug-likeness (QED) is 0.745. The van der Waals surface area contributed by atoms with Gasteiger partial charge in [0.1, 0.15) is 5.75 Å². The van der Waals surface area contributed by atoms with Crippen molar-refractivity contribution in [1.82, 2.24) is 4.98 Å². The molecule has 0 saturated heterocycles. The van der Waals surface area contributed by atoms with Crippen molar-refractivity contribution in [3.05, 3.63) is 24.0 Å². The molecule has 3 heteroatoms. The summed E-state index contributed by atoms with van der Waals surface area (Å²) < 4.78 is 5.50. The van der Waals surface area contributed by atoms with E-state index in [2.05, 4.69) is 20.9 Å². The highest BCUT2D eigenvalue weighted by atomic mass is 79.9. The summed E-state index contributed by atoms with van der Waals surface area (Å²) in [4.78, 5) is 4.14. The van der Waals surface area contributed by atoms with Crippen LogP contribution < -0.4 is 4.74 Å². The maximum atomic E-state index is 5.50. The molecule has 0 aliphatic heterocycles. The minimum atomic E-state index is 0.218. The van der Waals surface area contributed by atoms with E-state index < -0.39 is 0 Å². The fraction of sp³-hybridized carbons (Fsp3) is 0.444. The molecule has 0 unspecified atom stereocenters. The molecule has 12 heavy (non-hydrogen) atoms. The topological polar surface area (TPSA) is 22.1 Å². The molecule has 0 spiro atoms. The van der Waals surface area contributed by atoms with Crippen LogP contribution >= 0.6 is 15.9 Å². The van der Waals surface area contributed by atoms with Crippen molar-refractivity contribution >= 4 is 15.9 Å². The number of halogens is 1. The van der Waals surface area contributed by atoms with Crippen LogP contribution in [0.15, 0.2) is 18.3 Å². The number of hydrogen-bond acceptors (Lipinski definition) is 2. The molecule has 0 saturated carbocycles. The van der Waals surface area contributed by atoms with Crippen molar-refractivity contribution in [3.8, 4) is 5.75 Å². The van der Waals surface area contributed by atoms with Gasteiger partial charge in [0.05, 0.1) is 11.8 Å². The first-order chi connectivity index (χ1) is 5.72. The number of nitrogens with zero attached hydrogens (tertiary/aromatic N) is 1. The highest BCUT2D eigenvalue weighted by Gasteiger charge is 1.98. The molecule has 0 radical (unpaired) electrons. The third-order valence-corrected chi connectivity index (χ3v) is 1.87. The van der Waals surface area contributed by atoms with Crippen molar-refractivity contribution in [3.63, 3.8) is 0 Å². The second-order valence-electron chi connectivity index (χ2n) is 2.78. The van der Waals surface area contributed by atoms with Crippen LogP contribution in [-0.4, -0.2) is 11.1 Å². The van der Waals surface area contributed by atoms with E-state index >= 15 is 0 Å². The van der Waals surface area contributed by atoms with Crippen LogP contribution in [0.4, 0.5) is 0 Å². The van der Waals surface area contributed by atoms with Crippen LogP contribution in [0.25, 0.3) is 0 Å². The molecular formula is C9H12BrNO. The summed E-state index contributed by atoms with van der Waals surface area (Å²) in [5, 5.41) is 0.766. The SMILES string of the molecule is CC(C)Oc1ccnc(CBr)c1. The van der Waals surface area contributed by atoms with Gasteiger partial charge in [0.15, 0.2) is 0 Å². The largest absolute Gasteiger partial charge is 0.491 e. The smallest absolute Gasteiger partial charge is 0.123 e. The van der Waals surface area contributed by atoms with E-state index in [-0.39, 0.29) is 6.10 Å². The molecule has 1 aromatic heterocycles. The number of pyridine rings is 1. The lowest BCUT2D eigenvalue weighted by Gasteiger charge is -2.09. The third kappa shape index (κ3) is 2.81. The maximum Gasteiger partial charge on any atom is 0.123 e. The standard InChI is InChI=1S/C9H12BrNO/c1-7(2)12-9-3-4-11-8(5-9)6-10/h3-5,7H,6H2,1-2H3. The average molecular weight is 230 g/mol. The highest BCUT2D eigenvalue weighted by molar-refractivity contribution is 9.08. The lowest BCUT2D eigenvalue weighted by molar-refractivity contribution is 0.242. The molecule has 2 nitrogen and oxygen atoms in total. The predicted molar refractivity (Wildman–Crippen MR) is 52.6 cm³/mol. The Morgan fingerprint density at radius 3 is 2.92 bits per heavy atom. The molecule has 0 atom stereocenters. The summed E-state index contributed by atoms with van der Waals surface area (Å²) in [6.45, 7) is 4.02. The van der Waals surface area contributed by atoms with Crippen LogP contribution in [0, 0.1) is 0 Å².